The maximum atomic E-state index is 11.9. The molecule has 2 unspecified atom stereocenters. The standard InChI is InChI=1S/C15H28O/c1-11(2)6-7-12-10-13(15(3,4)5)8-9-14(12)16/h11-13H,6-10H2,1-5H3. The number of hydrogen-bond donors (Lipinski definition) is 0. The van der Waals surface area contributed by atoms with Crippen molar-refractivity contribution in [2.24, 2.45) is 23.2 Å². The summed E-state index contributed by atoms with van der Waals surface area (Å²) in [6.45, 7) is 11.4. The second-order valence-electron chi connectivity index (χ2n) is 6.97. The molecule has 0 aliphatic heterocycles. The predicted octanol–water partition coefficient (Wildman–Crippen LogP) is 4.45. The predicted molar refractivity (Wildman–Crippen MR) is 69.4 cm³/mol. The number of Topliss-reactive ketones (excluding diaryl/α,β-unsaturated/α-hetero) is 1. The second kappa shape index (κ2) is 5.33. The third-order valence-corrected chi connectivity index (χ3v) is 4.08. The van der Waals surface area contributed by atoms with Crippen LogP contribution in [0, 0.1) is 23.2 Å². The summed E-state index contributed by atoms with van der Waals surface area (Å²) in [5.74, 6) is 2.35. The highest BCUT2D eigenvalue weighted by Crippen LogP contribution is 2.40. The van der Waals surface area contributed by atoms with Gasteiger partial charge in [0.15, 0.2) is 0 Å². The molecule has 0 bridgehead atoms. The molecule has 1 rings (SSSR count). The molecule has 0 amide bonds. The van der Waals surface area contributed by atoms with Crippen LogP contribution in [0.15, 0.2) is 0 Å². The van der Waals surface area contributed by atoms with E-state index in [0.717, 1.165) is 37.5 Å². The minimum atomic E-state index is 0.361. The highest BCUT2D eigenvalue weighted by molar-refractivity contribution is 5.81. The van der Waals surface area contributed by atoms with E-state index < -0.39 is 0 Å². The van der Waals surface area contributed by atoms with Crippen LogP contribution in [0.1, 0.15) is 66.7 Å². The Balaban J connectivity index is 2.52. The fraction of sp³-hybridized carbons (Fsp3) is 0.933. The summed E-state index contributed by atoms with van der Waals surface area (Å²) in [5.41, 5.74) is 0.372. The fourth-order valence-electron chi connectivity index (χ4n) is 2.71. The van der Waals surface area contributed by atoms with Gasteiger partial charge in [-0.15, -0.1) is 0 Å². The van der Waals surface area contributed by atoms with Crippen LogP contribution in [-0.2, 0) is 4.79 Å². The average molecular weight is 224 g/mol. The van der Waals surface area contributed by atoms with E-state index in [2.05, 4.69) is 34.6 Å². The molecule has 1 nitrogen and oxygen atoms in total. The third-order valence-electron chi connectivity index (χ3n) is 4.08. The lowest BCUT2D eigenvalue weighted by Crippen LogP contribution is -2.32. The van der Waals surface area contributed by atoms with Gasteiger partial charge in [0.1, 0.15) is 5.78 Å². The molecular formula is C15H28O. The Morgan fingerprint density at radius 3 is 2.44 bits per heavy atom. The van der Waals surface area contributed by atoms with Crippen molar-refractivity contribution < 1.29 is 4.79 Å². The van der Waals surface area contributed by atoms with Gasteiger partial charge in [-0.2, -0.15) is 0 Å². The van der Waals surface area contributed by atoms with Crippen LogP contribution in [0.2, 0.25) is 0 Å². The van der Waals surface area contributed by atoms with Crippen LogP contribution in [-0.4, -0.2) is 5.78 Å². The molecule has 2 atom stereocenters. The summed E-state index contributed by atoms with van der Waals surface area (Å²) in [7, 11) is 0. The van der Waals surface area contributed by atoms with Gasteiger partial charge in [-0.25, -0.2) is 0 Å². The van der Waals surface area contributed by atoms with E-state index in [1.54, 1.807) is 0 Å². The first-order valence-electron chi connectivity index (χ1n) is 6.83. The first-order valence-corrected chi connectivity index (χ1v) is 6.83. The van der Waals surface area contributed by atoms with Gasteiger partial charge in [-0.05, 0) is 36.5 Å². The van der Waals surface area contributed by atoms with Crippen molar-refractivity contribution in [3.05, 3.63) is 0 Å². The van der Waals surface area contributed by atoms with Gasteiger partial charge in [0, 0.05) is 12.3 Å². The van der Waals surface area contributed by atoms with Crippen LogP contribution in [0.4, 0.5) is 0 Å². The van der Waals surface area contributed by atoms with E-state index in [0.29, 0.717) is 17.1 Å². The van der Waals surface area contributed by atoms with Crippen LogP contribution in [0.5, 0.6) is 0 Å². The molecule has 0 N–H and O–H groups in total. The van der Waals surface area contributed by atoms with E-state index >= 15 is 0 Å². The lowest BCUT2D eigenvalue weighted by molar-refractivity contribution is -0.126. The summed E-state index contributed by atoms with van der Waals surface area (Å²) in [6.07, 6.45) is 5.39. The summed E-state index contributed by atoms with van der Waals surface area (Å²) >= 11 is 0. The van der Waals surface area contributed by atoms with Crippen molar-refractivity contribution in [3.63, 3.8) is 0 Å². The minimum absolute atomic E-state index is 0.361. The number of hydrogen-bond acceptors (Lipinski definition) is 1. The fourth-order valence-corrected chi connectivity index (χ4v) is 2.71. The number of rotatable bonds is 3. The van der Waals surface area contributed by atoms with Crippen molar-refractivity contribution in [2.75, 3.05) is 0 Å². The number of carbonyl (C=O) groups is 1. The highest BCUT2D eigenvalue weighted by Gasteiger charge is 2.34. The lowest BCUT2D eigenvalue weighted by atomic mass is 9.67. The molecule has 0 aromatic carbocycles. The zero-order valence-electron chi connectivity index (χ0n) is 11.7. The molecule has 0 aromatic rings. The van der Waals surface area contributed by atoms with E-state index in [1.165, 1.54) is 6.42 Å². The summed E-state index contributed by atoms with van der Waals surface area (Å²) in [4.78, 5) is 11.9. The maximum Gasteiger partial charge on any atom is 0.135 e. The van der Waals surface area contributed by atoms with Crippen LogP contribution >= 0.6 is 0 Å². The van der Waals surface area contributed by atoms with Gasteiger partial charge in [-0.1, -0.05) is 41.0 Å². The van der Waals surface area contributed by atoms with Gasteiger partial charge in [-0.3, -0.25) is 4.79 Å². The summed E-state index contributed by atoms with van der Waals surface area (Å²) < 4.78 is 0. The Hall–Kier alpha value is -0.330. The Morgan fingerprint density at radius 2 is 1.94 bits per heavy atom. The van der Waals surface area contributed by atoms with Crippen molar-refractivity contribution in [2.45, 2.75) is 66.7 Å². The molecule has 0 spiro atoms. The third kappa shape index (κ3) is 3.92. The molecule has 16 heavy (non-hydrogen) atoms. The van der Waals surface area contributed by atoms with Crippen LogP contribution in [0.25, 0.3) is 0 Å². The normalized spacial score (nSPS) is 27.5. The van der Waals surface area contributed by atoms with Gasteiger partial charge in [0.05, 0.1) is 0 Å². The van der Waals surface area contributed by atoms with E-state index in [9.17, 15) is 4.79 Å². The molecule has 94 valence electrons. The molecule has 1 saturated carbocycles. The molecular weight excluding hydrogens is 196 g/mol. The van der Waals surface area contributed by atoms with Gasteiger partial charge >= 0.3 is 0 Å². The molecule has 1 aliphatic rings. The average Bonchev–Trinajstić information content (AvgIpc) is 2.14. The van der Waals surface area contributed by atoms with E-state index in [1.807, 2.05) is 0 Å². The lowest BCUT2D eigenvalue weighted by Gasteiger charge is -2.37. The van der Waals surface area contributed by atoms with E-state index in [4.69, 9.17) is 0 Å². The number of carbonyl (C=O) groups excluding carboxylic acids is 1. The molecule has 1 aliphatic carbocycles. The maximum absolute atomic E-state index is 11.9. The van der Waals surface area contributed by atoms with Gasteiger partial charge < -0.3 is 0 Å². The minimum Gasteiger partial charge on any atom is -0.299 e. The van der Waals surface area contributed by atoms with Crippen LogP contribution < -0.4 is 0 Å². The Bertz CT molecular complexity index is 234. The Kier molecular flexibility index (Phi) is 4.58. The highest BCUT2D eigenvalue weighted by atomic mass is 16.1. The second-order valence-corrected chi connectivity index (χ2v) is 6.97. The topological polar surface area (TPSA) is 17.1 Å². The van der Waals surface area contributed by atoms with Crippen molar-refractivity contribution in [1.82, 2.24) is 0 Å². The molecule has 1 fully saturated rings. The zero-order valence-corrected chi connectivity index (χ0v) is 11.7. The number of ketones is 1. The first kappa shape index (κ1) is 13.7. The molecule has 0 radical (unpaired) electrons. The quantitative estimate of drug-likeness (QED) is 0.692. The Labute approximate surface area is 101 Å². The zero-order chi connectivity index (χ0) is 12.3. The monoisotopic (exact) mass is 224 g/mol. The summed E-state index contributed by atoms with van der Waals surface area (Å²) in [6, 6.07) is 0. The van der Waals surface area contributed by atoms with Crippen molar-refractivity contribution in [1.29, 1.82) is 0 Å². The van der Waals surface area contributed by atoms with Gasteiger partial charge in [0.25, 0.3) is 0 Å². The first-order chi connectivity index (χ1) is 7.30. The Morgan fingerprint density at radius 1 is 1.31 bits per heavy atom. The molecule has 1 heteroatoms. The summed E-state index contributed by atoms with van der Waals surface area (Å²) in [5, 5.41) is 0. The molecule has 0 aromatic heterocycles. The van der Waals surface area contributed by atoms with Gasteiger partial charge in [0.2, 0.25) is 0 Å². The molecule has 0 heterocycles. The SMILES string of the molecule is CC(C)CCC1CC(C(C)(C)C)CCC1=O. The van der Waals surface area contributed by atoms with Crippen molar-refractivity contribution in [3.8, 4) is 0 Å². The van der Waals surface area contributed by atoms with Crippen molar-refractivity contribution >= 4 is 5.78 Å². The smallest absolute Gasteiger partial charge is 0.135 e. The van der Waals surface area contributed by atoms with E-state index in [-0.39, 0.29) is 0 Å². The largest absolute Gasteiger partial charge is 0.299 e. The molecule has 0 saturated heterocycles. The van der Waals surface area contributed by atoms with Crippen LogP contribution in [0.3, 0.4) is 0 Å².